The summed E-state index contributed by atoms with van der Waals surface area (Å²) in [5, 5.41) is 3.53. The second kappa shape index (κ2) is 7.41. The summed E-state index contributed by atoms with van der Waals surface area (Å²) in [5.74, 6) is 2.05. The highest BCUT2D eigenvalue weighted by molar-refractivity contribution is 7.85. The van der Waals surface area contributed by atoms with Crippen LogP contribution in [0.1, 0.15) is 33.1 Å². The maximum Gasteiger partial charge on any atom is 0.134 e. The van der Waals surface area contributed by atoms with Crippen molar-refractivity contribution >= 4 is 10.8 Å². The van der Waals surface area contributed by atoms with Gasteiger partial charge in [0.25, 0.3) is 0 Å². The molecule has 4 heteroatoms. The molecule has 1 aliphatic carbocycles. The van der Waals surface area contributed by atoms with Gasteiger partial charge in [0.1, 0.15) is 5.75 Å². The van der Waals surface area contributed by atoms with Crippen molar-refractivity contribution in [2.24, 2.45) is 11.8 Å². The van der Waals surface area contributed by atoms with Crippen molar-refractivity contribution in [2.45, 2.75) is 49.3 Å². The molecule has 3 nitrogen and oxygen atoms in total. The zero-order chi connectivity index (χ0) is 15.4. The Hall–Kier alpha value is -0.870. The lowest BCUT2D eigenvalue weighted by Gasteiger charge is -2.37. The predicted octanol–water partition coefficient (Wildman–Crippen LogP) is 3.22. The van der Waals surface area contributed by atoms with E-state index in [-0.39, 0.29) is 5.25 Å². The Morgan fingerprint density at radius 3 is 2.62 bits per heavy atom. The fraction of sp³-hybridized carbons (Fsp3) is 0.647. The highest BCUT2D eigenvalue weighted by atomic mass is 32.2. The molecular formula is C17H27NO2S. The summed E-state index contributed by atoms with van der Waals surface area (Å²) in [4.78, 5) is 0.828. The van der Waals surface area contributed by atoms with Crippen molar-refractivity contribution in [3.8, 4) is 5.75 Å². The third-order valence-electron chi connectivity index (χ3n) is 4.71. The Bertz CT molecular complexity index is 489. The summed E-state index contributed by atoms with van der Waals surface area (Å²) >= 11 is 0. The molecule has 0 aliphatic heterocycles. The molecule has 1 saturated carbocycles. The van der Waals surface area contributed by atoms with Crippen molar-refractivity contribution in [3.63, 3.8) is 0 Å². The molecule has 0 spiro atoms. The van der Waals surface area contributed by atoms with Crippen LogP contribution in [0.2, 0.25) is 0 Å². The molecule has 0 aromatic heterocycles. The molecule has 118 valence electrons. The lowest BCUT2D eigenvalue weighted by Crippen LogP contribution is -2.45. The van der Waals surface area contributed by atoms with E-state index in [2.05, 4.69) is 19.2 Å². The van der Waals surface area contributed by atoms with E-state index in [9.17, 15) is 4.21 Å². The average Bonchev–Trinajstić information content (AvgIpc) is 2.53. The van der Waals surface area contributed by atoms with Crippen LogP contribution in [0.4, 0.5) is 0 Å². The first-order valence-corrected chi connectivity index (χ1v) is 9.00. The molecule has 0 radical (unpaired) electrons. The predicted molar refractivity (Wildman–Crippen MR) is 88.2 cm³/mol. The van der Waals surface area contributed by atoms with E-state index in [4.69, 9.17) is 4.74 Å². The molecule has 1 aliphatic rings. The molecule has 1 aromatic carbocycles. The van der Waals surface area contributed by atoms with Crippen molar-refractivity contribution in [1.29, 1.82) is 0 Å². The van der Waals surface area contributed by atoms with Crippen LogP contribution >= 0.6 is 0 Å². The van der Waals surface area contributed by atoms with E-state index in [0.717, 1.165) is 23.5 Å². The van der Waals surface area contributed by atoms with Gasteiger partial charge >= 0.3 is 0 Å². The fourth-order valence-electron chi connectivity index (χ4n) is 3.28. The quantitative estimate of drug-likeness (QED) is 0.907. The van der Waals surface area contributed by atoms with Crippen LogP contribution in [0.5, 0.6) is 5.75 Å². The van der Waals surface area contributed by atoms with Crippen LogP contribution in [0.15, 0.2) is 29.2 Å². The summed E-state index contributed by atoms with van der Waals surface area (Å²) in [6.45, 7) is 4.54. The maximum absolute atomic E-state index is 13.1. The lowest BCUT2D eigenvalue weighted by molar-refractivity contribution is 0.249. The van der Waals surface area contributed by atoms with E-state index in [1.54, 1.807) is 7.11 Å². The van der Waals surface area contributed by atoms with Crippen LogP contribution in [0.25, 0.3) is 0 Å². The molecule has 0 bridgehead atoms. The lowest BCUT2D eigenvalue weighted by atomic mass is 9.79. The molecular weight excluding hydrogens is 282 g/mol. The molecule has 1 aromatic rings. The van der Waals surface area contributed by atoms with Gasteiger partial charge < -0.3 is 10.1 Å². The van der Waals surface area contributed by atoms with Gasteiger partial charge in [0.15, 0.2) is 0 Å². The number of methoxy groups -OCH3 is 1. The Labute approximate surface area is 130 Å². The topological polar surface area (TPSA) is 38.3 Å². The summed E-state index contributed by atoms with van der Waals surface area (Å²) in [6.07, 6.45) is 3.35. The van der Waals surface area contributed by atoms with Gasteiger partial charge in [-0.05, 0) is 50.3 Å². The molecule has 2 rings (SSSR count). The Morgan fingerprint density at radius 1 is 1.29 bits per heavy atom. The maximum atomic E-state index is 13.1. The minimum atomic E-state index is -1.04. The third kappa shape index (κ3) is 3.67. The highest BCUT2D eigenvalue weighted by Gasteiger charge is 2.35. The number of para-hydroxylation sites is 1. The first-order valence-electron chi connectivity index (χ1n) is 7.79. The molecule has 4 atom stereocenters. The van der Waals surface area contributed by atoms with E-state index in [0.29, 0.717) is 17.9 Å². The molecule has 0 amide bonds. The van der Waals surface area contributed by atoms with Crippen LogP contribution in [0.3, 0.4) is 0 Å². The Balaban J connectivity index is 2.25. The normalized spacial score (nSPS) is 27.6. The van der Waals surface area contributed by atoms with E-state index in [1.807, 2.05) is 31.3 Å². The largest absolute Gasteiger partial charge is 0.495 e. The summed E-state index contributed by atoms with van der Waals surface area (Å²) in [7, 11) is 2.59. The van der Waals surface area contributed by atoms with E-state index in [1.165, 1.54) is 6.42 Å². The van der Waals surface area contributed by atoms with Gasteiger partial charge in [-0.25, -0.2) is 0 Å². The van der Waals surface area contributed by atoms with Crippen molar-refractivity contribution in [3.05, 3.63) is 24.3 Å². The number of nitrogens with one attached hydrogen (secondary N) is 1. The van der Waals surface area contributed by atoms with Gasteiger partial charge in [0.05, 0.1) is 28.1 Å². The zero-order valence-electron chi connectivity index (χ0n) is 13.5. The van der Waals surface area contributed by atoms with Crippen molar-refractivity contribution in [1.82, 2.24) is 5.32 Å². The second-order valence-corrected chi connectivity index (χ2v) is 7.84. The molecule has 1 fully saturated rings. The summed E-state index contributed by atoms with van der Waals surface area (Å²) in [6, 6.07) is 8.01. The number of hydrogen-bond donors (Lipinski definition) is 1. The Kier molecular flexibility index (Phi) is 5.82. The van der Waals surface area contributed by atoms with Crippen molar-refractivity contribution < 1.29 is 8.95 Å². The minimum absolute atomic E-state index is 0.160. The van der Waals surface area contributed by atoms with Gasteiger partial charge in [0, 0.05) is 6.04 Å². The zero-order valence-corrected chi connectivity index (χ0v) is 14.3. The number of rotatable bonds is 5. The van der Waals surface area contributed by atoms with Gasteiger partial charge in [-0.1, -0.05) is 26.0 Å². The van der Waals surface area contributed by atoms with Crippen LogP contribution in [-0.2, 0) is 10.8 Å². The van der Waals surface area contributed by atoms with Gasteiger partial charge in [0.2, 0.25) is 0 Å². The highest BCUT2D eigenvalue weighted by Crippen LogP contribution is 2.36. The van der Waals surface area contributed by atoms with Gasteiger partial charge in [-0.15, -0.1) is 0 Å². The van der Waals surface area contributed by atoms with Gasteiger partial charge in [-0.3, -0.25) is 4.21 Å². The average molecular weight is 309 g/mol. The van der Waals surface area contributed by atoms with Crippen molar-refractivity contribution in [2.75, 3.05) is 14.2 Å². The van der Waals surface area contributed by atoms with E-state index >= 15 is 0 Å². The monoisotopic (exact) mass is 309 g/mol. The standard InChI is InChI=1S/C17H27NO2S/c1-12(2)13-9-10-14(18-3)17(11-13)21(19)16-8-6-5-7-15(16)20-4/h5-8,12-14,17-18H,9-11H2,1-4H3. The Morgan fingerprint density at radius 2 is 2.00 bits per heavy atom. The minimum Gasteiger partial charge on any atom is -0.495 e. The third-order valence-corrected chi connectivity index (χ3v) is 6.55. The molecule has 0 saturated heterocycles. The van der Waals surface area contributed by atoms with Crippen LogP contribution in [-0.4, -0.2) is 29.7 Å². The number of ether oxygens (including phenoxy) is 1. The molecule has 0 heterocycles. The molecule has 1 N–H and O–H groups in total. The molecule has 21 heavy (non-hydrogen) atoms. The first-order chi connectivity index (χ1) is 10.1. The smallest absolute Gasteiger partial charge is 0.134 e. The first kappa shape index (κ1) is 16.5. The van der Waals surface area contributed by atoms with Crippen LogP contribution < -0.4 is 10.1 Å². The number of benzene rings is 1. The second-order valence-electron chi connectivity index (χ2n) is 6.20. The summed E-state index contributed by atoms with van der Waals surface area (Å²) < 4.78 is 18.5. The van der Waals surface area contributed by atoms with Gasteiger partial charge in [-0.2, -0.15) is 0 Å². The summed E-state index contributed by atoms with van der Waals surface area (Å²) in [5.41, 5.74) is 0. The number of hydrogen-bond acceptors (Lipinski definition) is 3. The SMILES string of the molecule is CNC1CCC(C(C)C)CC1S(=O)c1ccccc1OC. The molecule has 4 unspecified atom stereocenters. The van der Waals surface area contributed by atoms with Crippen LogP contribution in [0, 0.1) is 11.8 Å². The fourth-order valence-corrected chi connectivity index (χ4v) is 5.16. The van der Waals surface area contributed by atoms with E-state index < -0.39 is 10.8 Å².